The largest absolute Gasteiger partial charge is 0.486 e. The van der Waals surface area contributed by atoms with Crippen molar-refractivity contribution in [2.45, 2.75) is 12.5 Å². The van der Waals surface area contributed by atoms with Crippen LogP contribution in [0.2, 0.25) is 0 Å². The maximum atomic E-state index is 10.3. The van der Waals surface area contributed by atoms with E-state index >= 15 is 0 Å². The van der Waals surface area contributed by atoms with Gasteiger partial charge in [0.15, 0.2) is 11.5 Å². The van der Waals surface area contributed by atoms with Crippen LogP contribution in [0.1, 0.15) is 17.2 Å². The molecule has 0 radical (unpaired) electrons. The summed E-state index contributed by atoms with van der Waals surface area (Å²) >= 11 is 3.40. The molecule has 4 heteroatoms. The fourth-order valence-electron chi connectivity index (χ4n) is 2.23. The molecule has 1 heterocycles. The van der Waals surface area contributed by atoms with Gasteiger partial charge in [-0.05, 0) is 35.4 Å². The van der Waals surface area contributed by atoms with Gasteiger partial charge in [0.05, 0.1) is 6.10 Å². The molecule has 2 aromatic rings. The van der Waals surface area contributed by atoms with Crippen molar-refractivity contribution in [3.8, 4) is 11.5 Å². The van der Waals surface area contributed by atoms with Crippen LogP contribution in [0.15, 0.2) is 46.9 Å². The first kappa shape index (κ1) is 13.5. The van der Waals surface area contributed by atoms with Crippen molar-refractivity contribution < 1.29 is 14.6 Å². The van der Waals surface area contributed by atoms with E-state index in [2.05, 4.69) is 15.9 Å². The van der Waals surface area contributed by atoms with Gasteiger partial charge in [0, 0.05) is 10.9 Å². The van der Waals surface area contributed by atoms with Gasteiger partial charge in [0.2, 0.25) is 0 Å². The van der Waals surface area contributed by atoms with Gasteiger partial charge in [0.1, 0.15) is 13.2 Å². The highest BCUT2D eigenvalue weighted by molar-refractivity contribution is 9.10. The zero-order valence-electron chi connectivity index (χ0n) is 10.9. The van der Waals surface area contributed by atoms with E-state index < -0.39 is 6.10 Å². The van der Waals surface area contributed by atoms with Gasteiger partial charge in [0.25, 0.3) is 0 Å². The number of hydrogen-bond acceptors (Lipinski definition) is 3. The Morgan fingerprint density at radius 2 is 1.70 bits per heavy atom. The molecule has 1 aliphatic heterocycles. The molecule has 1 aliphatic rings. The van der Waals surface area contributed by atoms with Crippen LogP contribution >= 0.6 is 15.9 Å². The molecule has 0 aliphatic carbocycles. The van der Waals surface area contributed by atoms with E-state index in [9.17, 15) is 5.11 Å². The van der Waals surface area contributed by atoms with Gasteiger partial charge in [-0.1, -0.05) is 34.1 Å². The molecule has 0 aromatic heterocycles. The lowest BCUT2D eigenvalue weighted by atomic mass is 10.0. The maximum absolute atomic E-state index is 10.3. The number of ether oxygens (including phenoxy) is 2. The van der Waals surface area contributed by atoms with Gasteiger partial charge in [-0.2, -0.15) is 0 Å². The molecular weight excluding hydrogens is 320 g/mol. The Balaban J connectivity index is 1.76. The number of halogens is 1. The highest BCUT2D eigenvalue weighted by Gasteiger charge is 2.15. The molecule has 0 spiro atoms. The molecule has 2 aromatic carbocycles. The Bertz CT molecular complexity index is 595. The summed E-state index contributed by atoms with van der Waals surface area (Å²) in [6.45, 7) is 1.13. The maximum Gasteiger partial charge on any atom is 0.161 e. The SMILES string of the molecule is OC(Cc1ccc(Br)cc1)c1ccc2c(c1)OCCO2. The highest BCUT2D eigenvalue weighted by Crippen LogP contribution is 2.33. The lowest BCUT2D eigenvalue weighted by Crippen LogP contribution is -2.15. The van der Waals surface area contributed by atoms with Gasteiger partial charge < -0.3 is 14.6 Å². The normalized spacial score (nSPS) is 14.9. The third-order valence-corrected chi connectivity index (χ3v) is 3.82. The van der Waals surface area contributed by atoms with Crippen molar-refractivity contribution in [3.05, 3.63) is 58.1 Å². The molecular formula is C16H15BrO3. The average Bonchev–Trinajstić information content (AvgIpc) is 2.49. The van der Waals surface area contributed by atoms with Crippen molar-refractivity contribution in [1.82, 2.24) is 0 Å². The van der Waals surface area contributed by atoms with E-state index in [1.807, 2.05) is 42.5 Å². The monoisotopic (exact) mass is 334 g/mol. The average molecular weight is 335 g/mol. The van der Waals surface area contributed by atoms with Crippen LogP contribution in [0.3, 0.4) is 0 Å². The number of hydrogen-bond donors (Lipinski definition) is 1. The number of fused-ring (bicyclic) bond motifs is 1. The zero-order chi connectivity index (χ0) is 13.9. The third-order valence-electron chi connectivity index (χ3n) is 3.29. The second kappa shape index (κ2) is 5.85. The molecule has 1 N–H and O–H groups in total. The minimum absolute atomic E-state index is 0.549. The van der Waals surface area contributed by atoms with Crippen LogP contribution in [0.4, 0.5) is 0 Å². The second-order valence-electron chi connectivity index (χ2n) is 4.75. The van der Waals surface area contributed by atoms with Gasteiger partial charge >= 0.3 is 0 Å². The minimum atomic E-state index is -0.549. The van der Waals surface area contributed by atoms with Gasteiger partial charge in [-0.3, -0.25) is 0 Å². The molecule has 0 bridgehead atoms. The molecule has 1 atom stereocenters. The zero-order valence-corrected chi connectivity index (χ0v) is 12.5. The summed E-state index contributed by atoms with van der Waals surface area (Å²) in [5, 5.41) is 10.3. The Morgan fingerprint density at radius 1 is 1.00 bits per heavy atom. The molecule has 3 nitrogen and oxygen atoms in total. The Morgan fingerprint density at radius 3 is 2.45 bits per heavy atom. The van der Waals surface area contributed by atoms with Gasteiger partial charge in [-0.15, -0.1) is 0 Å². The fourth-order valence-corrected chi connectivity index (χ4v) is 2.49. The lowest BCUT2D eigenvalue weighted by Gasteiger charge is -2.20. The summed E-state index contributed by atoms with van der Waals surface area (Å²) in [5.74, 6) is 1.46. The van der Waals surface area contributed by atoms with Crippen LogP contribution in [0.25, 0.3) is 0 Å². The minimum Gasteiger partial charge on any atom is -0.486 e. The van der Waals surface area contributed by atoms with Crippen LogP contribution in [-0.4, -0.2) is 18.3 Å². The molecule has 104 valence electrons. The number of rotatable bonds is 3. The Kier molecular flexibility index (Phi) is 3.94. The standard InChI is InChI=1S/C16H15BrO3/c17-13-4-1-11(2-5-13)9-14(18)12-3-6-15-16(10-12)20-8-7-19-15/h1-6,10,14,18H,7-9H2. The Labute approximate surface area is 126 Å². The quantitative estimate of drug-likeness (QED) is 0.933. The van der Waals surface area contributed by atoms with Crippen LogP contribution in [0, 0.1) is 0 Å². The first-order valence-electron chi connectivity index (χ1n) is 6.54. The molecule has 3 rings (SSSR count). The van der Waals surface area contributed by atoms with Crippen molar-refractivity contribution in [1.29, 1.82) is 0 Å². The summed E-state index contributed by atoms with van der Waals surface area (Å²) in [7, 11) is 0. The van der Waals surface area contributed by atoms with Crippen LogP contribution < -0.4 is 9.47 Å². The van der Waals surface area contributed by atoms with Crippen molar-refractivity contribution in [2.75, 3.05) is 13.2 Å². The van der Waals surface area contributed by atoms with E-state index in [4.69, 9.17) is 9.47 Å². The molecule has 0 amide bonds. The summed E-state index contributed by atoms with van der Waals surface area (Å²) < 4.78 is 12.1. The van der Waals surface area contributed by atoms with Gasteiger partial charge in [-0.25, -0.2) is 0 Å². The number of aliphatic hydroxyl groups is 1. The predicted molar refractivity (Wildman–Crippen MR) is 80.2 cm³/mol. The van der Waals surface area contributed by atoms with Crippen molar-refractivity contribution >= 4 is 15.9 Å². The lowest BCUT2D eigenvalue weighted by molar-refractivity contribution is 0.164. The predicted octanol–water partition coefficient (Wildman–Crippen LogP) is 3.50. The van der Waals surface area contributed by atoms with Crippen molar-refractivity contribution in [3.63, 3.8) is 0 Å². The van der Waals surface area contributed by atoms with E-state index in [1.165, 1.54) is 0 Å². The van der Waals surface area contributed by atoms with E-state index in [1.54, 1.807) is 0 Å². The smallest absolute Gasteiger partial charge is 0.161 e. The topological polar surface area (TPSA) is 38.7 Å². The van der Waals surface area contributed by atoms with Crippen LogP contribution in [-0.2, 0) is 6.42 Å². The highest BCUT2D eigenvalue weighted by atomic mass is 79.9. The second-order valence-corrected chi connectivity index (χ2v) is 5.67. The first-order valence-corrected chi connectivity index (χ1v) is 7.34. The summed E-state index contributed by atoms with van der Waals surface area (Å²) in [6.07, 6.45) is 0.0272. The first-order chi connectivity index (χ1) is 9.72. The number of aliphatic hydroxyl groups excluding tert-OH is 1. The summed E-state index contributed by atoms with van der Waals surface area (Å²) in [4.78, 5) is 0. The third kappa shape index (κ3) is 2.97. The molecule has 0 saturated carbocycles. The van der Waals surface area contributed by atoms with Crippen molar-refractivity contribution in [2.24, 2.45) is 0 Å². The molecule has 20 heavy (non-hydrogen) atoms. The molecule has 0 saturated heterocycles. The summed E-state index contributed by atoms with van der Waals surface area (Å²) in [5.41, 5.74) is 1.94. The Hall–Kier alpha value is -1.52. The molecule has 1 unspecified atom stereocenters. The van der Waals surface area contributed by atoms with E-state index in [0.717, 1.165) is 21.3 Å². The van der Waals surface area contributed by atoms with E-state index in [0.29, 0.717) is 25.4 Å². The van der Waals surface area contributed by atoms with E-state index in [-0.39, 0.29) is 0 Å². The number of benzene rings is 2. The fraction of sp³-hybridized carbons (Fsp3) is 0.250. The summed E-state index contributed by atoms with van der Waals surface area (Å²) in [6, 6.07) is 13.6. The molecule has 0 fully saturated rings. The van der Waals surface area contributed by atoms with Crippen LogP contribution in [0.5, 0.6) is 11.5 Å².